The zero-order chi connectivity index (χ0) is 20.9. The fraction of sp³-hybridized carbons (Fsp3) is 0.895. The molecule has 10 heteroatoms. The summed E-state index contributed by atoms with van der Waals surface area (Å²) < 4.78 is 32.2. The topological polar surface area (TPSA) is 113 Å². The zero-order valence-electron chi connectivity index (χ0n) is 17.1. The van der Waals surface area contributed by atoms with Gasteiger partial charge in [-0.3, -0.25) is 9.59 Å². The maximum absolute atomic E-state index is 12.7. The number of piperidine rings is 1. The van der Waals surface area contributed by atoms with E-state index in [-0.39, 0.29) is 29.4 Å². The number of carbonyl (C=O) groups is 2. The molecule has 2 amide bonds. The first-order chi connectivity index (χ1) is 13.9. The Morgan fingerprint density at radius 2 is 1.52 bits per heavy atom. The standard InChI is InChI=1S/C19H34N4O5S/c20-18(24)16-2-7-21(8-3-16)6-1-15-29(26,27)23-11-9-22(10-12-23)19(25)17-4-13-28-14-5-17/h16-17H,1-15H2,(H2,20,24). The van der Waals surface area contributed by atoms with Crippen molar-refractivity contribution in [3.8, 4) is 0 Å². The van der Waals surface area contributed by atoms with Gasteiger partial charge in [0.25, 0.3) is 0 Å². The normalized spacial score (nSPS) is 23.9. The van der Waals surface area contributed by atoms with E-state index < -0.39 is 10.0 Å². The van der Waals surface area contributed by atoms with E-state index in [9.17, 15) is 18.0 Å². The van der Waals surface area contributed by atoms with Gasteiger partial charge in [-0.15, -0.1) is 0 Å². The third-order valence-corrected chi connectivity index (χ3v) is 8.34. The van der Waals surface area contributed by atoms with Crippen LogP contribution in [0.15, 0.2) is 0 Å². The number of carbonyl (C=O) groups excluding carboxylic acids is 2. The number of amides is 2. The van der Waals surface area contributed by atoms with Gasteiger partial charge in [0.05, 0.1) is 5.75 Å². The molecule has 0 spiro atoms. The fourth-order valence-electron chi connectivity index (χ4n) is 4.43. The summed E-state index contributed by atoms with van der Waals surface area (Å²) in [4.78, 5) is 27.8. The second-order valence-corrected chi connectivity index (χ2v) is 10.4. The average molecular weight is 431 g/mol. The molecule has 3 aliphatic heterocycles. The molecule has 0 unspecified atom stereocenters. The summed E-state index contributed by atoms with van der Waals surface area (Å²) in [5.41, 5.74) is 5.35. The van der Waals surface area contributed by atoms with E-state index in [0.29, 0.717) is 52.4 Å². The van der Waals surface area contributed by atoms with Crippen LogP contribution in [0, 0.1) is 11.8 Å². The molecular formula is C19H34N4O5S. The number of hydrogen-bond donors (Lipinski definition) is 1. The van der Waals surface area contributed by atoms with E-state index in [1.165, 1.54) is 4.31 Å². The molecule has 166 valence electrons. The van der Waals surface area contributed by atoms with Crippen LogP contribution >= 0.6 is 0 Å². The Labute approximate surface area is 173 Å². The Bertz CT molecular complexity index is 664. The van der Waals surface area contributed by atoms with Crippen molar-refractivity contribution in [2.75, 3.05) is 64.8 Å². The highest BCUT2D eigenvalue weighted by Gasteiger charge is 2.32. The van der Waals surface area contributed by atoms with Crippen LogP contribution in [0.3, 0.4) is 0 Å². The Kier molecular flexibility index (Phi) is 7.89. The van der Waals surface area contributed by atoms with Crippen molar-refractivity contribution < 1.29 is 22.7 Å². The highest BCUT2D eigenvalue weighted by Crippen LogP contribution is 2.20. The molecule has 0 saturated carbocycles. The number of primary amides is 1. The van der Waals surface area contributed by atoms with Crippen LogP contribution < -0.4 is 5.73 Å². The van der Waals surface area contributed by atoms with Gasteiger partial charge >= 0.3 is 0 Å². The lowest BCUT2D eigenvalue weighted by Crippen LogP contribution is -2.52. The number of likely N-dealkylation sites (tertiary alicyclic amines) is 1. The van der Waals surface area contributed by atoms with E-state index in [1.54, 1.807) is 0 Å². The lowest BCUT2D eigenvalue weighted by Gasteiger charge is -2.36. The van der Waals surface area contributed by atoms with Crippen molar-refractivity contribution in [1.82, 2.24) is 14.1 Å². The number of sulfonamides is 1. The summed E-state index contributed by atoms with van der Waals surface area (Å²) in [5.74, 6) is 0.00328. The number of rotatable bonds is 7. The van der Waals surface area contributed by atoms with Gasteiger partial charge in [-0.25, -0.2) is 8.42 Å². The van der Waals surface area contributed by atoms with Crippen LogP contribution in [0.25, 0.3) is 0 Å². The van der Waals surface area contributed by atoms with Crippen LogP contribution in [0.5, 0.6) is 0 Å². The summed E-state index contributed by atoms with van der Waals surface area (Å²) in [6, 6.07) is 0. The number of ether oxygens (including phenoxy) is 1. The Morgan fingerprint density at radius 3 is 2.10 bits per heavy atom. The van der Waals surface area contributed by atoms with Crippen molar-refractivity contribution in [3.63, 3.8) is 0 Å². The van der Waals surface area contributed by atoms with Gasteiger partial charge in [0, 0.05) is 51.2 Å². The van der Waals surface area contributed by atoms with E-state index in [0.717, 1.165) is 38.8 Å². The fourth-order valence-corrected chi connectivity index (χ4v) is 5.90. The first kappa shape index (κ1) is 22.5. The summed E-state index contributed by atoms with van der Waals surface area (Å²) in [5, 5.41) is 0. The minimum atomic E-state index is -3.31. The lowest BCUT2D eigenvalue weighted by atomic mass is 9.96. The van der Waals surface area contributed by atoms with E-state index in [1.807, 2.05) is 4.90 Å². The van der Waals surface area contributed by atoms with Crippen molar-refractivity contribution in [2.45, 2.75) is 32.1 Å². The van der Waals surface area contributed by atoms with Gasteiger partial charge in [0.2, 0.25) is 21.8 Å². The molecule has 3 heterocycles. The molecule has 3 rings (SSSR count). The minimum Gasteiger partial charge on any atom is -0.381 e. The third-order valence-electron chi connectivity index (χ3n) is 6.38. The quantitative estimate of drug-likeness (QED) is 0.581. The van der Waals surface area contributed by atoms with Gasteiger partial charge in [0.1, 0.15) is 0 Å². The molecule has 0 aliphatic carbocycles. The molecule has 2 N–H and O–H groups in total. The molecule has 0 aromatic heterocycles. The molecule has 3 aliphatic rings. The number of hydrogen-bond acceptors (Lipinski definition) is 6. The van der Waals surface area contributed by atoms with Gasteiger partial charge < -0.3 is 20.3 Å². The predicted octanol–water partition coefficient (Wildman–Crippen LogP) is -0.526. The highest BCUT2D eigenvalue weighted by atomic mass is 32.2. The second-order valence-electron chi connectivity index (χ2n) is 8.30. The van der Waals surface area contributed by atoms with Crippen LogP contribution in [-0.4, -0.2) is 99.1 Å². The molecule has 3 saturated heterocycles. The van der Waals surface area contributed by atoms with Gasteiger partial charge in [-0.2, -0.15) is 4.31 Å². The molecular weight excluding hydrogens is 396 g/mol. The van der Waals surface area contributed by atoms with Gasteiger partial charge in [0.15, 0.2) is 0 Å². The Hall–Kier alpha value is -1.23. The summed E-state index contributed by atoms with van der Waals surface area (Å²) in [6.07, 6.45) is 3.60. The third kappa shape index (κ3) is 6.13. The zero-order valence-corrected chi connectivity index (χ0v) is 17.9. The van der Waals surface area contributed by atoms with E-state index in [2.05, 4.69) is 4.90 Å². The smallest absolute Gasteiger partial charge is 0.225 e. The molecule has 29 heavy (non-hydrogen) atoms. The van der Waals surface area contributed by atoms with E-state index >= 15 is 0 Å². The molecule has 0 bridgehead atoms. The van der Waals surface area contributed by atoms with E-state index in [4.69, 9.17) is 10.5 Å². The molecule has 0 atom stereocenters. The molecule has 0 aromatic carbocycles. The number of nitrogens with two attached hydrogens (primary N) is 1. The minimum absolute atomic E-state index is 0.0191. The van der Waals surface area contributed by atoms with Gasteiger partial charge in [-0.1, -0.05) is 0 Å². The summed E-state index contributed by atoms with van der Waals surface area (Å²) >= 11 is 0. The Morgan fingerprint density at radius 1 is 0.897 bits per heavy atom. The highest BCUT2D eigenvalue weighted by molar-refractivity contribution is 7.89. The van der Waals surface area contributed by atoms with Crippen LogP contribution in [0.1, 0.15) is 32.1 Å². The van der Waals surface area contributed by atoms with Crippen molar-refractivity contribution in [2.24, 2.45) is 17.6 Å². The maximum atomic E-state index is 12.7. The first-order valence-electron chi connectivity index (χ1n) is 10.7. The summed E-state index contributed by atoms with van der Waals surface area (Å²) in [7, 11) is -3.31. The predicted molar refractivity (Wildman–Crippen MR) is 108 cm³/mol. The SMILES string of the molecule is NC(=O)C1CCN(CCCS(=O)(=O)N2CCN(C(=O)C3CCOCC3)CC2)CC1. The average Bonchev–Trinajstić information content (AvgIpc) is 2.74. The molecule has 9 nitrogen and oxygen atoms in total. The van der Waals surface area contributed by atoms with Crippen LogP contribution in [0.2, 0.25) is 0 Å². The summed E-state index contributed by atoms with van der Waals surface area (Å²) in [6.45, 7) is 5.25. The second kappa shape index (κ2) is 10.2. The number of piperazine rings is 1. The van der Waals surface area contributed by atoms with Gasteiger partial charge in [-0.05, 0) is 51.7 Å². The largest absolute Gasteiger partial charge is 0.381 e. The van der Waals surface area contributed by atoms with Crippen molar-refractivity contribution in [1.29, 1.82) is 0 Å². The molecule has 0 radical (unpaired) electrons. The lowest BCUT2D eigenvalue weighted by molar-refractivity contribution is -0.139. The maximum Gasteiger partial charge on any atom is 0.225 e. The number of nitrogens with zero attached hydrogens (tertiary/aromatic N) is 3. The first-order valence-corrected chi connectivity index (χ1v) is 12.3. The Balaban J connectivity index is 1.37. The van der Waals surface area contributed by atoms with Crippen LogP contribution in [0.4, 0.5) is 0 Å². The molecule has 0 aromatic rings. The molecule has 3 fully saturated rings. The van der Waals surface area contributed by atoms with Crippen molar-refractivity contribution in [3.05, 3.63) is 0 Å². The van der Waals surface area contributed by atoms with Crippen molar-refractivity contribution >= 4 is 21.8 Å². The monoisotopic (exact) mass is 430 g/mol. The van der Waals surface area contributed by atoms with Crippen LogP contribution in [-0.2, 0) is 24.3 Å².